The van der Waals surface area contributed by atoms with Gasteiger partial charge in [0.1, 0.15) is 22.8 Å². The Balaban J connectivity index is 1.43. The van der Waals surface area contributed by atoms with Gasteiger partial charge in [0, 0.05) is 35.9 Å². The summed E-state index contributed by atoms with van der Waals surface area (Å²) in [7, 11) is 1.28. The first kappa shape index (κ1) is 33.7. The van der Waals surface area contributed by atoms with Crippen LogP contribution in [0.5, 0.6) is 0 Å². The standard InChI is InChI=1S/C32H38ClF2N5O6/c1-19-13-25(38-40(19)29(42)46-30(2,3)4)37-24-14-21(32(43)17-45-18-32)27(35)23(36-24)15-31(28(41)44-5)9-11-39(12-10-31)16-20-7-6-8-22(33)26(20)34/h6-8,13-14,43H,9-12,15-18H2,1-5H3,(H,36,37,38). The number of carbonyl (C=O) groups is 2. The van der Waals surface area contributed by atoms with Gasteiger partial charge in [-0.15, -0.1) is 5.10 Å². The van der Waals surface area contributed by atoms with Crippen LogP contribution in [-0.2, 0) is 37.6 Å². The van der Waals surface area contributed by atoms with Crippen molar-refractivity contribution in [2.45, 2.75) is 64.7 Å². The first-order valence-corrected chi connectivity index (χ1v) is 15.3. The van der Waals surface area contributed by atoms with Crippen LogP contribution in [0.1, 0.15) is 56.1 Å². The van der Waals surface area contributed by atoms with Gasteiger partial charge in [0.15, 0.2) is 11.6 Å². The number of aliphatic hydroxyl groups is 1. The van der Waals surface area contributed by atoms with Crippen molar-refractivity contribution in [3.05, 3.63) is 69.5 Å². The molecule has 0 unspecified atom stereocenters. The Morgan fingerprint density at radius 1 is 1.13 bits per heavy atom. The number of rotatable bonds is 8. The summed E-state index contributed by atoms with van der Waals surface area (Å²) in [6.45, 7) is 7.79. The topological polar surface area (TPSA) is 128 Å². The van der Waals surface area contributed by atoms with E-state index in [9.17, 15) is 19.1 Å². The highest BCUT2D eigenvalue weighted by atomic mass is 35.5. The van der Waals surface area contributed by atoms with Gasteiger partial charge in [-0.3, -0.25) is 9.69 Å². The van der Waals surface area contributed by atoms with E-state index in [-0.39, 0.29) is 47.6 Å². The maximum absolute atomic E-state index is 16.2. The Kier molecular flexibility index (Phi) is 9.42. The number of ether oxygens (including phenoxy) is 3. The van der Waals surface area contributed by atoms with Crippen LogP contribution in [0.25, 0.3) is 0 Å². The summed E-state index contributed by atoms with van der Waals surface area (Å²) in [5, 5.41) is 18.4. The second-order valence-electron chi connectivity index (χ2n) is 13.0. The molecule has 3 aromatic rings. The van der Waals surface area contributed by atoms with E-state index >= 15 is 4.39 Å². The summed E-state index contributed by atoms with van der Waals surface area (Å²) in [6.07, 6.45) is -0.196. The number of hydrogen-bond donors (Lipinski definition) is 2. The van der Waals surface area contributed by atoms with Crippen LogP contribution < -0.4 is 5.32 Å². The Morgan fingerprint density at radius 3 is 2.43 bits per heavy atom. The molecule has 5 rings (SSSR count). The number of carbonyl (C=O) groups excluding carboxylic acids is 2. The van der Waals surface area contributed by atoms with Crippen molar-refractivity contribution in [2.24, 2.45) is 5.41 Å². The van der Waals surface area contributed by atoms with E-state index in [1.807, 2.05) is 4.90 Å². The van der Waals surface area contributed by atoms with Crippen LogP contribution in [0.3, 0.4) is 0 Å². The lowest BCUT2D eigenvalue weighted by molar-refractivity contribution is -0.186. The smallest absolute Gasteiger partial charge is 0.435 e. The molecule has 2 aromatic heterocycles. The molecule has 0 spiro atoms. The summed E-state index contributed by atoms with van der Waals surface area (Å²) in [5.41, 5.74) is -2.62. The van der Waals surface area contributed by atoms with Gasteiger partial charge in [-0.05, 0) is 65.8 Å². The van der Waals surface area contributed by atoms with Crippen molar-refractivity contribution in [1.82, 2.24) is 19.7 Å². The van der Waals surface area contributed by atoms with Crippen molar-refractivity contribution >= 4 is 35.3 Å². The van der Waals surface area contributed by atoms with E-state index in [0.717, 1.165) is 4.68 Å². The molecule has 2 aliphatic heterocycles. The van der Waals surface area contributed by atoms with Gasteiger partial charge in [-0.25, -0.2) is 18.6 Å². The first-order chi connectivity index (χ1) is 21.6. The molecule has 2 saturated heterocycles. The molecule has 2 fully saturated rings. The van der Waals surface area contributed by atoms with Gasteiger partial charge in [0.25, 0.3) is 0 Å². The summed E-state index contributed by atoms with van der Waals surface area (Å²) < 4.78 is 47.6. The second kappa shape index (κ2) is 12.9. The van der Waals surface area contributed by atoms with Crippen LogP contribution in [0.2, 0.25) is 5.02 Å². The van der Waals surface area contributed by atoms with Gasteiger partial charge in [0.2, 0.25) is 0 Å². The van der Waals surface area contributed by atoms with Gasteiger partial charge in [0.05, 0.1) is 36.5 Å². The average Bonchev–Trinajstić information content (AvgIpc) is 3.35. The van der Waals surface area contributed by atoms with Gasteiger partial charge < -0.3 is 24.6 Å². The number of aromatic nitrogens is 3. The fraction of sp³-hybridized carbons (Fsp3) is 0.500. The van der Waals surface area contributed by atoms with Gasteiger partial charge >= 0.3 is 12.1 Å². The number of hydrogen-bond acceptors (Lipinski definition) is 10. The van der Waals surface area contributed by atoms with Crippen molar-refractivity contribution in [3.63, 3.8) is 0 Å². The minimum Gasteiger partial charge on any atom is -0.469 e. The lowest BCUT2D eigenvalue weighted by Gasteiger charge is -2.40. The zero-order chi connectivity index (χ0) is 33.4. The molecule has 0 saturated carbocycles. The molecule has 46 heavy (non-hydrogen) atoms. The minimum atomic E-state index is -1.59. The number of nitrogens with zero attached hydrogens (tertiary/aromatic N) is 4. The number of esters is 1. The van der Waals surface area contributed by atoms with Crippen molar-refractivity contribution in [3.8, 4) is 0 Å². The second-order valence-corrected chi connectivity index (χ2v) is 13.4. The molecule has 11 nitrogen and oxygen atoms in total. The summed E-state index contributed by atoms with van der Waals surface area (Å²) >= 11 is 5.96. The van der Waals surface area contributed by atoms with Gasteiger partial charge in [-0.1, -0.05) is 23.7 Å². The molecule has 0 radical (unpaired) electrons. The predicted molar refractivity (Wildman–Crippen MR) is 165 cm³/mol. The monoisotopic (exact) mass is 661 g/mol. The van der Waals surface area contributed by atoms with E-state index in [1.165, 1.54) is 19.2 Å². The normalized spacial score (nSPS) is 17.7. The summed E-state index contributed by atoms with van der Waals surface area (Å²) in [4.78, 5) is 32.5. The highest BCUT2D eigenvalue weighted by Gasteiger charge is 2.46. The van der Waals surface area contributed by atoms with Crippen molar-refractivity contribution < 1.29 is 37.7 Å². The van der Waals surface area contributed by atoms with Crippen LogP contribution in [0, 0.1) is 24.0 Å². The molecule has 0 atom stereocenters. The summed E-state index contributed by atoms with van der Waals surface area (Å²) in [5.74, 6) is -1.37. The largest absolute Gasteiger partial charge is 0.469 e. The molecule has 0 amide bonds. The molecule has 0 aliphatic carbocycles. The minimum absolute atomic E-state index is 0.0366. The van der Waals surface area contributed by atoms with E-state index in [2.05, 4.69) is 15.4 Å². The number of benzene rings is 1. The Morgan fingerprint density at radius 2 is 1.83 bits per heavy atom. The molecule has 248 valence electrons. The van der Waals surface area contributed by atoms with E-state index in [1.54, 1.807) is 45.9 Å². The zero-order valence-corrected chi connectivity index (χ0v) is 27.2. The third-order valence-electron chi connectivity index (χ3n) is 8.28. The molecule has 2 aliphatic rings. The number of nitrogens with one attached hydrogen (secondary N) is 1. The molecular formula is C32H38ClF2N5O6. The quantitative estimate of drug-likeness (QED) is 0.309. The molecule has 0 bridgehead atoms. The molecule has 4 heterocycles. The number of halogens is 3. The molecule has 2 N–H and O–H groups in total. The number of pyridine rings is 1. The predicted octanol–water partition coefficient (Wildman–Crippen LogP) is 5.26. The fourth-order valence-corrected chi connectivity index (χ4v) is 5.94. The maximum atomic E-state index is 16.2. The SMILES string of the molecule is COC(=O)C1(Cc2nc(Nc3cc(C)n(C(=O)OC(C)(C)C)n3)cc(C3(O)COC3)c2F)CCN(Cc2cccc(Cl)c2F)CC1. The first-order valence-electron chi connectivity index (χ1n) is 14.9. The lowest BCUT2D eigenvalue weighted by Crippen LogP contribution is -2.48. The molecule has 1 aromatic carbocycles. The van der Waals surface area contributed by atoms with Crippen LogP contribution in [0.15, 0.2) is 30.3 Å². The Labute approximate surface area is 270 Å². The highest BCUT2D eigenvalue weighted by Crippen LogP contribution is 2.40. The maximum Gasteiger partial charge on any atom is 0.435 e. The van der Waals surface area contributed by atoms with E-state index in [4.69, 9.17) is 25.8 Å². The zero-order valence-electron chi connectivity index (χ0n) is 26.5. The van der Waals surface area contributed by atoms with E-state index in [0.29, 0.717) is 43.7 Å². The number of likely N-dealkylation sites (tertiary alicyclic amines) is 1. The van der Waals surface area contributed by atoms with Gasteiger partial charge in [-0.2, -0.15) is 4.68 Å². The number of piperidine rings is 1. The van der Waals surface area contributed by atoms with Crippen molar-refractivity contribution in [1.29, 1.82) is 0 Å². The number of methoxy groups -OCH3 is 1. The van der Waals surface area contributed by atoms with Crippen molar-refractivity contribution in [2.75, 3.05) is 38.7 Å². The number of anilines is 2. The van der Waals surface area contributed by atoms with Crippen LogP contribution >= 0.6 is 11.6 Å². The Bertz CT molecular complexity index is 1630. The highest BCUT2D eigenvalue weighted by molar-refractivity contribution is 6.30. The van der Waals surface area contributed by atoms with E-state index < -0.39 is 40.3 Å². The molecule has 14 heteroatoms. The lowest BCUT2D eigenvalue weighted by atomic mass is 9.74. The fourth-order valence-electron chi connectivity index (χ4n) is 5.75. The van der Waals surface area contributed by atoms with Crippen LogP contribution in [-0.4, -0.2) is 75.8 Å². The number of aryl methyl sites for hydroxylation is 1. The Hall–Kier alpha value is -3.65. The third-order valence-corrected chi connectivity index (χ3v) is 8.57. The summed E-state index contributed by atoms with van der Waals surface area (Å²) in [6, 6.07) is 7.80. The molecular weight excluding hydrogens is 624 g/mol. The third kappa shape index (κ3) is 7.02. The average molecular weight is 662 g/mol. The van der Waals surface area contributed by atoms with Crippen LogP contribution in [0.4, 0.5) is 25.2 Å².